The van der Waals surface area contributed by atoms with Crippen LogP contribution >= 0.6 is 12.4 Å². The predicted octanol–water partition coefficient (Wildman–Crippen LogP) is 1.88. The average Bonchev–Trinajstić information content (AvgIpc) is 2.54. The van der Waals surface area contributed by atoms with Crippen LogP contribution in [0.2, 0.25) is 0 Å². The molecule has 2 rings (SSSR count). The molecule has 1 aliphatic heterocycles. The summed E-state index contributed by atoms with van der Waals surface area (Å²) in [6.07, 6.45) is 2.47. The van der Waals surface area contributed by atoms with Crippen molar-refractivity contribution < 1.29 is 14.3 Å². The van der Waals surface area contributed by atoms with Crippen molar-refractivity contribution in [3.8, 4) is 11.5 Å². The van der Waals surface area contributed by atoms with Crippen LogP contribution in [0.4, 0.5) is 0 Å². The molecule has 5 nitrogen and oxygen atoms in total. The molecule has 1 heterocycles. The minimum absolute atomic E-state index is 0. The highest BCUT2D eigenvalue weighted by Crippen LogP contribution is 2.29. The van der Waals surface area contributed by atoms with Crippen LogP contribution in [0.1, 0.15) is 18.4 Å². The minimum atomic E-state index is 0. The highest BCUT2D eigenvalue weighted by molar-refractivity contribution is 5.85. The van der Waals surface area contributed by atoms with Crippen LogP contribution in [0.15, 0.2) is 18.2 Å². The highest BCUT2D eigenvalue weighted by Gasteiger charge is 2.24. The molecule has 1 fully saturated rings. The number of hydrogen-bond acceptors (Lipinski definition) is 4. The Morgan fingerprint density at radius 1 is 1.32 bits per heavy atom. The lowest BCUT2D eigenvalue weighted by Crippen LogP contribution is -2.47. The van der Waals surface area contributed by atoms with Crippen molar-refractivity contribution in [2.45, 2.75) is 25.3 Å². The molecule has 1 aliphatic rings. The number of likely N-dealkylation sites (N-methyl/N-ethyl adjacent to an activating group) is 1. The van der Waals surface area contributed by atoms with Crippen LogP contribution in [-0.2, 0) is 11.2 Å². The molecule has 1 aromatic rings. The second-order valence-corrected chi connectivity index (χ2v) is 5.29. The van der Waals surface area contributed by atoms with E-state index >= 15 is 0 Å². The van der Waals surface area contributed by atoms with Gasteiger partial charge in [-0.1, -0.05) is 6.07 Å². The first kappa shape index (κ1) is 18.6. The number of piperidine rings is 1. The second-order valence-electron chi connectivity index (χ2n) is 5.29. The number of carbonyl (C=O) groups is 1. The Labute approximate surface area is 138 Å². The third-order valence-electron chi connectivity index (χ3n) is 4.04. The summed E-state index contributed by atoms with van der Waals surface area (Å²) in [4.78, 5) is 14.5. The molecule has 1 N–H and O–H groups in total. The third kappa shape index (κ3) is 4.27. The summed E-state index contributed by atoms with van der Waals surface area (Å²) in [6, 6.07) is 5.97. The number of nitrogens with one attached hydrogen (secondary N) is 1. The number of rotatable bonds is 5. The van der Waals surface area contributed by atoms with E-state index in [4.69, 9.17) is 9.47 Å². The van der Waals surface area contributed by atoms with E-state index in [1.807, 2.05) is 30.1 Å². The van der Waals surface area contributed by atoms with Crippen molar-refractivity contribution in [2.75, 3.05) is 34.4 Å². The SMILES string of the molecule is CNC1CCCN(C(=O)Cc2c(OC)cccc2OC)C1.Cl. The third-order valence-corrected chi connectivity index (χ3v) is 4.04. The number of methoxy groups -OCH3 is 2. The maximum Gasteiger partial charge on any atom is 0.227 e. The lowest BCUT2D eigenvalue weighted by molar-refractivity contribution is -0.131. The smallest absolute Gasteiger partial charge is 0.227 e. The van der Waals surface area contributed by atoms with Gasteiger partial charge in [0.15, 0.2) is 0 Å². The van der Waals surface area contributed by atoms with Crippen LogP contribution < -0.4 is 14.8 Å². The van der Waals surface area contributed by atoms with E-state index in [0.29, 0.717) is 24.0 Å². The molecular formula is C16H25ClN2O3. The zero-order valence-corrected chi connectivity index (χ0v) is 14.2. The summed E-state index contributed by atoms with van der Waals surface area (Å²) in [7, 11) is 5.17. The van der Waals surface area contributed by atoms with Crippen LogP contribution in [0.3, 0.4) is 0 Å². The van der Waals surface area contributed by atoms with E-state index < -0.39 is 0 Å². The number of ether oxygens (including phenoxy) is 2. The van der Waals surface area contributed by atoms with Crippen LogP contribution in [-0.4, -0.2) is 51.2 Å². The van der Waals surface area contributed by atoms with Crippen molar-refractivity contribution in [3.63, 3.8) is 0 Å². The molecule has 0 aromatic heterocycles. The molecule has 0 aliphatic carbocycles. The Morgan fingerprint density at radius 3 is 2.50 bits per heavy atom. The van der Waals surface area contributed by atoms with Crippen LogP contribution in [0, 0.1) is 0 Å². The standard InChI is InChI=1S/C16H24N2O3.ClH/c1-17-12-6-5-9-18(11-12)16(19)10-13-14(20-2)7-4-8-15(13)21-3;/h4,7-8,12,17H,5-6,9-11H2,1-3H3;1H. The number of halogens is 1. The molecule has 0 saturated carbocycles. The Hall–Kier alpha value is -1.46. The van der Waals surface area contributed by atoms with Gasteiger partial charge in [-0.2, -0.15) is 0 Å². The maximum atomic E-state index is 12.6. The highest BCUT2D eigenvalue weighted by atomic mass is 35.5. The van der Waals surface area contributed by atoms with E-state index in [2.05, 4.69) is 5.32 Å². The van der Waals surface area contributed by atoms with E-state index in [1.165, 1.54) is 0 Å². The van der Waals surface area contributed by atoms with Crippen molar-refractivity contribution in [1.29, 1.82) is 0 Å². The molecule has 1 unspecified atom stereocenters. The fourth-order valence-electron chi connectivity index (χ4n) is 2.80. The molecule has 6 heteroatoms. The fraction of sp³-hybridized carbons (Fsp3) is 0.562. The maximum absolute atomic E-state index is 12.6. The average molecular weight is 329 g/mol. The van der Waals surface area contributed by atoms with Gasteiger partial charge in [0.05, 0.1) is 20.6 Å². The zero-order chi connectivity index (χ0) is 15.2. The van der Waals surface area contributed by atoms with Gasteiger partial charge in [0.1, 0.15) is 11.5 Å². The van der Waals surface area contributed by atoms with Gasteiger partial charge < -0.3 is 19.7 Å². The first-order valence-electron chi connectivity index (χ1n) is 7.34. The van der Waals surface area contributed by atoms with Crippen molar-refractivity contribution in [1.82, 2.24) is 10.2 Å². The van der Waals surface area contributed by atoms with Gasteiger partial charge in [-0.25, -0.2) is 0 Å². The van der Waals surface area contributed by atoms with Gasteiger partial charge in [0.25, 0.3) is 0 Å². The molecular weight excluding hydrogens is 304 g/mol. The minimum Gasteiger partial charge on any atom is -0.496 e. The molecule has 0 radical (unpaired) electrons. The Morgan fingerprint density at radius 2 is 1.95 bits per heavy atom. The van der Waals surface area contributed by atoms with E-state index in [-0.39, 0.29) is 18.3 Å². The summed E-state index contributed by atoms with van der Waals surface area (Å²) >= 11 is 0. The number of benzene rings is 1. The van der Waals surface area contributed by atoms with Crippen molar-refractivity contribution in [2.24, 2.45) is 0 Å². The second kappa shape index (κ2) is 8.86. The van der Waals surface area contributed by atoms with E-state index in [0.717, 1.165) is 31.5 Å². The zero-order valence-electron chi connectivity index (χ0n) is 13.4. The number of likely N-dealkylation sites (tertiary alicyclic amines) is 1. The van der Waals surface area contributed by atoms with Gasteiger partial charge in [0, 0.05) is 24.7 Å². The van der Waals surface area contributed by atoms with Crippen LogP contribution in [0.25, 0.3) is 0 Å². The summed E-state index contributed by atoms with van der Waals surface area (Å²) in [6.45, 7) is 1.60. The Bertz CT molecular complexity index is 474. The summed E-state index contributed by atoms with van der Waals surface area (Å²) in [5.74, 6) is 1.52. The van der Waals surface area contributed by atoms with Gasteiger partial charge in [0.2, 0.25) is 5.91 Å². The van der Waals surface area contributed by atoms with Crippen molar-refractivity contribution >= 4 is 18.3 Å². The van der Waals surface area contributed by atoms with Gasteiger partial charge in [-0.15, -0.1) is 12.4 Å². The quantitative estimate of drug-likeness (QED) is 0.896. The number of hydrogen-bond donors (Lipinski definition) is 1. The molecule has 1 saturated heterocycles. The number of nitrogens with zero attached hydrogens (tertiary/aromatic N) is 1. The van der Waals surface area contributed by atoms with Gasteiger partial charge >= 0.3 is 0 Å². The van der Waals surface area contributed by atoms with Crippen molar-refractivity contribution in [3.05, 3.63) is 23.8 Å². The predicted molar refractivity (Wildman–Crippen MR) is 89.2 cm³/mol. The first-order chi connectivity index (χ1) is 10.2. The summed E-state index contributed by atoms with van der Waals surface area (Å²) in [5.41, 5.74) is 0.819. The monoisotopic (exact) mass is 328 g/mol. The topological polar surface area (TPSA) is 50.8 Å². The molecule has 1 amide bonds. The molecule has 0 spiro atoms. The van der Waals surface area contributed by atoms with E-state index in [9.17, 15) is 4.79 Å². The van der Waals surface area contributed by atoms with Gasteiger partial charge in [-0.3, -0.25) is 4.79 Å². The summed E-state index contributed by atoms with van der Waals surface area (Å²) in [5, 5.41) is 3.25. The number of carbonyl (C=O) groups excluding carboxylic acids is 1. The summed E-state index contributed by atoms with van der Waals surface area (Å²) < 4.78 is 10.7. The molecule has 1 atom stereocenters. The molecule has 0 bridgehead atoms. The van der Waals surface area contributed by atoms with E-state index in [1.54, 1.807) is 14.2 Å². The molecule has 124 valence electrons. The lowest BCUT2D eigenvalue weighted by atomic mass is 10.0. The molecule has 22 heavy (non-hydrogen) atoms. The number of amides is 1. The normalized spacial score (nSPS) is 17.6. The van der Waals surface area contributed by atoms with Gasteiger partial charge in [-0.05, 0) is 32.0 Å². The molecule has 1 aromatic carbocycles. The largest absolute Gasteiger partial charge is 0.496 e. The van der Waals surface area contributed by atoms with Crippen LogP contribution in [0.5, 0.6) is 11.5 Å². The fourth-order valence-corrected chi connectivity index (χ4v) is 2.80. The lowest BCUT2D eigenvalue weighted by Gasteiger charge is -2.32. The first-order valence-corrected chi connectivity index (χ1v) is 7.34. The Balaban J connectivity index is 0.00000242. The Kier molecular flexibility index (Phi) is 7.48.